The number of piperidine rings is 1. The fraction of sp³-hybridized carbons (Fsp3) is 0.500. The molecule has 4 heterocycles. The Labute approximate surface area is 235 Å². The van der Waals surface area contributed by atoms with Gasteiger partial charge < -0.3 is 14.6 Å². The van der Waals surface area contributed by atoms with Gasteiger partial charge in [0.15, 0.2) is 5.65 Å². The minimum atomic E-state index is -3.77. The van der Waals surface area contributed by atoms with Gasteiger partial charge in [0.05, 0.1) is 27.2 Å². The van der Waals surface area contributed by atoms with Crippen LogP contribution < -0.4 is 10.4 Å². The number of fused-ring (bicyclic) bond motifs is 3. The summed E-state index contributed by atoms with van der Waals surface area (Å²) >= 11 is 3.72. The predicted octanol–water partition coefficient (Wildman–Crippen LogP) is 3.72. The van der Waals surface area contributed by atoms with Crippen molar-refractivity contribution in [3.8, 4) is 17.0 Å². The van der Waals surface area contributed by atoms with Gasteiger partial charge in [-0.25, -0.2) is 17.6 Å². The summed E-state index contributed by atoms with van der Waals surface area (Å²) in [6, 6.07) is 4.92. The number of hydrogen-bond donors (Lipinski definition) is 1. The molecule has 0 atom stereocenters. The second-order valence-corrected chi connectivity index (χ2v) is 12.8. The van der Waals surface area contributed by atoms with Crippen LogP contribution in [0.2, 0.25) is 0 Å². The number of rotatable bonds is 9. The van der Waals surface area contributed by atoms with Crippen molar-refractivity contribution in [3.63, 3.8) is 0 Å². The van der Waals surface area contributed by atoms with Gasteiger partial charge in [-0.05, 0) is 79.9 Å². The standard InChI is InChI=1S/C26H34BrN7O4S/c1-5-11-33-24-21(27)22(29-23(24)25-30-28-16-34(25)26(33)35)19-15-18(7-8-20(19)38-14-6-2)39(36,37)32(4)17-9-12-31(3)13-10-17/h7-8,15-17,29H,5-6,9-14H2,1-4H3. The molecule has 13 heteroatoms. The van der Waals surface area contributed by atoms with E-state index in [0.717, 1.165) is 38.8 Å². The van der Waals surface area contributed by atoms with E-state index in [0.29, 0.717) is 51.3 Å². The lowest BCUT2D eigenvalue weighted by molar-refractivity contribution is 0.197. The average molecular weight is 621 g/mol. The normalized spacial score (nSPS) is 15.6. The van der Waals surface area contributed by atoms with Crippen molar-refractivity contribution >= 4 is 42.6 Å². The maximum atomic E-state index is 13.8. The first kappa shape index (κ1) is 27.8. The molecule has 0 amide bonds. The fourth-order valence-corrected chi connectivity index (χ4v) is 7.36. The molecule has 0 bridgehead atoms. The highest BCUT2D eigenvalue weighted by molar-refractivity contribution is 9.10. The molecule has 0 saturated carbocycles. The summed E-state index contributed by atoms with van der Waals surface area (Å²) in [6.45, 7) is 6.70. The molecule has 1 fully saturated rings. The van der Waals surface area contributed by atoms with Crippen LogP contribution in [0.5, 0.6) is 5.75 Å². The Morgan fingerprint density at radius 3 is 2.64 bits per heavy atom. The number of aromatic amines is 1. The van der Waals surface area contributed by atoms with Crippen LogP contribution in [0.4, 0.5) is 0 Å². The van der Waals surface area contributed by atoms with E-state index in [1.807, 2.05) is 13.8 Å². The van der Waals surface area contributed by atoms with Crippen LogP contribution in [0.15, 0.2) is 38.7 Å². The molecule has 3 aromatic heterocycles. The molecule has 1 saturated heterocycles. The third kappa shape index (κ3) is 4.90. The largest absolute Gasteiger partial charge is 0.493 e. The number of sulfonamides is 1. The van der Waals surface area contributed by atoms with E-state index in [-0.39, 0.29) is 16.6 Å². The van der Waals surface area contributed by atoms with Gasteiger partial charge in [0.1, 0.15) is 17.6 Å². The smallest absolute Gasteiger partial charge is 0.335 e. The predicted molar refractivity (Wildman–Crippen MR) is 154 cm³/mol. The molecule has 0 spiro atoms. The highest BCUT2D eigenvalue weighted by atomic mass is 79.9. The third-order valence-corrected chi connectivity index (χ3v) is 10.1. The van der Waals surface area contributed by atoms with E-state index < -0.39 is 10.0 Å². The summed E-state index contributed by atoms with van der Waals surface area (Å²) in [5.41, 5.74) is 2.62. The highest BCUT2D eigenvalue weighted by Gasteiger charge is 2.31. The van der Waals surface area contributed by atoms with Crippen molar-refractivity contribution < 1.29 is 13.2 Å². The van der Waals surface area contributed by atoms with Gasteiger partial charge in [-0.1, -0.05) is 13.8 Å². The van der Waals surface area contributed by atoms with Gasteiger partial charge >= 0.3 is 5.69 Å². The number of hydrogen-bond acceptors (Lipinski definition) is 7. The van der Waals surface area contributed by atoms with Crippen molar-refractivity contribution in [1.29, 1.82) is 0 Å². The number of benzene rings is 1. The topological polar surface area (TPSA) is 118 Å². The van der Waals surface area contributed by atoms with Gasteiger partial charge in [0.2, 0.25) is 10.0 Å². The number of ether oxygens (including phenoxy) is 1. The molecular weight excluding hydrogens is 586 g/mol. The summed E-state index contributed by atoms with van der Waals surface area (Å²) in [6.07, 6.45) is 4.51. The summed E-state index contributed by atoms with van der Waals surface area (Å²) in [5, 5.41) is 8.13. The monoisotopic (exact) mass is 619 g/mol. The molecule has 39 heavy (non-hydrogen) atoms. The minimum absolute atomic E-state index is 0.0600. The first-order chi connectivity index (χ1) is 18.7. The van der Waals surface area contributed by atoms with Crippen molar-refractivity contribution in [3.05, 3.63) is 39.5 Å². The maximum Gasteiger partial charge on any atom is 0.335 e. The second kappa shape index (κ2) is 11.0. The van der Waals surface area contributed by atoms with Gasteiger partial charge in [0.25, 0.3) is 0 Å². The Balaban J connectivity index is 1.68. The fourth-order valence-electron chi connectivity index (χ4n) is 5.19. The van der Waals surface area contributed by atoms with Crippen LogP contribution in [-0.2, 0) is 16.6 Å². The number of aryl methyl sites for hydroxylation is 1. The summed E-state index contributed by atoms with van der Waals surface area (Å²) in [7, 11) is -0.0510. The van der Waals surface area contributed by atoms with Crippen LogP contribution >= 0.6 is 15.9 Å². The van der Waals surface area contributed by atoms with Gasteiger partial charge in [-0.3, -0.25) is 4.57 Å². The van der Waals surface area contributed by atoms with Gasteiger partial charge in [-0.15, -0.1) is 10.2 Å². The Hall–Kier alpha value is -2.74. The third-order valence-electron chi connectivity index (χ3n) is 7.40. The Morgan fingerprint density at radius 1 is 1.21 bits per heavy atom. The lowest BCUT2D eigenvalue weighted by atomic mass is 10.1. The molecule has 0 aliphatic carbocycles. The Kier molecular flexibility index (Phi) is 7.86. The van der Waals surface area contributed by atoms with Crippen molar-refractivity contribution in [1.82, 2.24) is 33.4 Å². The van der Waals surface area contributed by atoms with Gasteiger partial charge in [0, 0.05) is 25.2 Å². The first-order valence-electron chi connectivity index (χ1n) is 13.3. The molecule has 210 valence electrons. The second-order valence-electron chi connectivity index (χ2n) is 10.1. The van der Waals surface area contributed by atoms with Crippen molar-refractivity contribution in [2.45, 2.75) is 57.0 Å². The van der Waals surface area contributed by atoms with Gasteiger partial charge in [-0.2, -0.15) is 4.31 Å². The number of halogens is 1. The first-order valence-corrected chi connectivity index (χ1v) is 15.5. The van der Waals surface area contributed by atoms with E-state index >= 15 is 0 Å². The molecule has 0 unspecified atom stereocenters. The molecule has 4 aromatic rings. The quantitative estimate of drug-likeness (QED) is 0.303. The van der Waals surface area contributed by atoms with E-state index in [4.69, 9.17) is 4.74 Å². The zero-order valence-corrected chi connectivity index (χ0v) is 25.0. The van der Waals surface area contributed by atoms with E-state index in [1.165, 1.54) is 15.0 Å². The Bertz CT molecular complexity index is 1670. The summed E-state index contributed by atoms with van der Waals surface area (Å²) < 4.78 is 38.9. The van der Waals surface area contributed by atoms with E-state index in [1.54, 1.807) is 29.8 Å². The van der Waals surface area contributed by atoms with Crippen LogP contribution in [-0.4, -0.2) is 81.6 Å². The van der Waals surface area contributed by atoms with Crippen LogP contribution in [0, 0.1) is 0 Å². The molecule has 1 aliphatic rings. The molecule has 1 aliphatic heterocycles. The summed E-state index contributed by atoms with van der Waals surface area (Å²) in [4.78, 5) is 19.0. The molecular formula is C26H34BrN7O4S. The Morgan fingerprint density at radius 2 is 1.95 bits per heavy atom. The molecule has 0 radical (unpaired) electrons. The van der Waals surface area contributed by atoms with Crippen molar-refractivity contribution in [2.24, 2.45) is 0 Å². The number of nitrogens with one attached hydrogen (secondary N) is 1. The number of nitrogens with zero attached hydrogens (tertiary/aromatic N) is 6. The van der Waals surface area contributed by atoms with Crippen LogP contribution in [0.3, 0.4) is 0 Å². The number of likely N-dealkylation sites (tertiary alicyclic amines) is 1. The zero-order chi connectivity index (χ0) is 27.9. The van der Waals surface area contributed by atoms with Crippen LogP contribution in [0.25, 0.3) is 27.9 Å². The molecule has 11 nitrogen and oxygen atoms in total. The number of H-pyrrole nitrogens is 1. The minimum Gasteiger partial charge on any atom is -0.493 e. The van der Waals surface area contributed by atoms with E-state index in [2.05, 4.69) is 43.1 Å². The lowest BCUT2D eigenvalue weighted by Crippen LogP contribution is -2.44. The van der Waals surface area contributed by atoms with Crippen molar-refractivity contribution in [2.75, 3.05) is 33.8 Å². The van der Waals surface area contributed by atoms with E-state index in [9.17, 15) is 13.2 Å². The highest BCUT2D eigenvalue weighted by Crippen LogP contribution is 2.41. The number of aromatic nitrogens is 5. The maximum absolute atomic E-state index is 13.8. The molecule has 1 N–H and O–H groups in total. The molecule has 5 rings (SSSR count). The zero-order valence-electron chi connectivity index (χ0n) is 22.6. The van der Waals surface area contributed by atoms with Crippen LogP contribution in [0.1, 0.15) is 39.5 Å². The average Bonchev–Trinajstić information content (AvgIpc) is 3.55. The molecule has 1 aromatic carbocycles. The summed E-state index contributed by atoms with van der Waals surface area (Å²) in [5.74, 6) is 0.548. The lowest BCUT2D eigenvalue weighted by Gasteiger charge is -2.34. The SMILES string of the molecule is CCCOc1ccc(S(=O)(=O)N(C)C2CCN(C)CC2)cc1-c1[nH]c2c(c1Br)n(CCC)c(=O)n1cnnc21.